The van der Waals surface area contributed by atoms with Gasteiger partial charge in [0.2, 0.25) is 0 Å². The zero-order valence-corrected chi connectivity index (χ0v) is 7.86. The third-order valence-electron chi connectivity index (χ3n) is 2.12. The first-order valence-electron chi connectivity index (χ1n) is 4.37. The van der Waals surface area contributed by atoms with Crippen molar-refractivity contribution in [2.24, 2.45) is 5.73 Å². The van der Waals surface area contributed by atoms with E-state index in [-0.39, 0.29) is 6.04 Å². The van der Waals surface area contributed by atoms with Gasteiger partial charge >= 0.3 is 0 Å². The Bertz CT molecular complexity index is 429. The van der Waals surface area contributed by atoms with E-state index in [4.69, 9.17) is 5.73 Å². The largest absolute Gasteiger partial charge is 0.324 e. The van der Waals surface area contributed by atoms with Gasteiger partial charge in [0.05, 0.1) is 5.69 Å². The Balaban J connectivity index is 2.61. The summed E-state index contributed by atoms with van der Waals surface area (Å²) >= 11 is 0. The molecule has 3 heteroatoms. The van der Waals surface area contributed by atoms with E-state index >= 15 is 0 Å². The second kappa shape index (κ2) is 2.85. The first-order chi connectivity index (χ1) is 6.16. The quantitative estimate of drug-likeness (QED) is 0.716. The number of hydrogen-bond donors (Lipinski definition) is 1. The van der Waals surface area contributed by atoms with Crippen molar-refractivity contribution in [1.82, 2.24) is 9.38 Å². The van der Waals surface area contributed by atoms with Crippen LogP contribution in [0.15, 0.2) is 24.5 Å². The summed E-state index contributed by atoms with van der Waals surface area (Å²) in [5, 5.41) is 0. The van der Waals surface area contributed by atoms with Crippen LogP contribution in [0.3, 0.4) is 0 Å². The molecular weight excluding hydrogens is 162 g/mol. The lowest BCUT2D eigenvalue weighted by Gasteiger charge is -2.04. The van der Waals surface area contributed by atoms with E-state index in [2.05, 4.69) is 4.98 Å². The highest BCUT2D eigenvalue weighted by Crippen LogP contribution is 2.11. The fourth-order valence-electron chi connectivity index (χ4n) is 1.41. The molecule has 0 radical (unpaired) electrons. The minimum Gasteiger partial charge on any atom is -0.324 e. The lowest BCUT2D eigenvalue weighted by molar-refractivity contribution is 0.808. The Morgan fingerprint density at radius 3 is 2.85 bits per heavy atom. The van der Waals surface area contributed by atoms with E-state index in [1.165, 1.54) is 0 Å². The highest BCUT2D eigenvalue weighted by atomic mass is 15.0. The number of hydrogen-bond acceptors (Lipinski definition) is 2. The summed E-state index contributed by atoms with van der Waals surface area (Å²) in [6, 6.07) is 4.09. The van der Waals surface area contributed by atoms with E-state index in [1.54, 1.807) is 0 Å². The minimum atomic E-state index is 0.0760. The van der Waals surface area contributed by atoms with Crippen LogP contribution in [0.25, 0.3) is 5.65 Å². The Kier molecular flexibility index (Phi) is 1.81. The highest BCUT2D eigenvalue weighted by molar-refractivity contribution is 5.41. The van der Waals surface area contributed by atoms with Gasteiger partial charge in [0.25, 0.3) is 0 Å². The molecule has 13 heavy (non-hydrogen) atoms. The maximum atomic E-state index is 5.78. The number of rotatable bonds is 1. The predicted octanol–water partition coefficient (Wildman–Crippen LogP) is 1.66. The molecule has 1 unspecified atom stereocenters. The van der Waals surface area contributed by atoms with Crippen molar-refractivity contribution >= 4 is 5.65 Å². The Morgan fingerprint density at radius 1 is 1.38 bits per heavy atom. The van der Waals surface area contributed by atoms with Crippen LogP contribution in [0.1, 0.15) is 24.2 Å². The van der Waals surface area contributed by atoms with E-state index in [0.29, 0.717) is 0 Å². The zero-order valence-electron chi connectivity index (χ0n) is 7.86. The predicted molar refractivity (Wildman–Crippen MR) is 52.5 cm³/mol. The molecule has 0 bridgehead atoms. The van der Waals surface area contributed by atoms with Crippen LogP contribution in [0.2, 0.25) is 0 Å². The van der Waals surface area contributed by atoms with E-state index < -0.39 is 0 Å². The Morgan fingerprint density at radius 2 is 2.15 bits per heavy atom. The first-order valence-corrected chi connectivity index (χ1v) is 4.37. The Hall–Kier alpha value is -1.35. The second-order valence-electron chi connectivity index (χ2n) is 3.40. The van der Waals surface area contributed by atoms with Gasteiger partial charge in [-0.2, -0.15) is 0 Å². The number of aromatic nitrogens is 2. The number of nitrogens with zero attached hydrogens (tertiary/aromatic N) is 2. The molecule has 1 atom stereocenters. The van der Waals surface area contributed by atoms with Gasteiger partial charge in [0, 0.05) is 18.4 Å². The molecule has 2 rings (SSSR count). The number of imidazole rings is 1. The van der Waals surface area contributed by atoms with Gasteiger partial charge in [-0.15, -0.1) is 0 Å². The summed E-state index contributed by atoms with van der Waals surface area (Å²) in [7, 11) is 0. The van der Waals surface area contributed by atoms with Crippen molar-refractivity contribution in [2.45, 2.75) is 19.9 Å². The smallest absolute Gasteiger partial charge is 0.136 e. The standard InChI is InChI=1S/C10H13N3/c1-7-5-13-6-9(8(2)11)3-4-10(13)12-7/h3-6,8H,11H2,1-2H3. The Labute approximate surface area is 77.2 Å². The normalized spacial score (nSPS) is 13.5. The number of pyridine rings is 1. The van der Waals surface area contributed by atoms with Gasteiger partial charge in [-0.3, -0.25) is 0 Å². The topological polar surface area (TPSA) is 43.3 Å². The van der Waals surface area contributed by atoms with Gasteiger partial charge in [0.1, 0.15) is 5.65 Å². The first kappa shape index (κ1) is 8.26. The molecule has 0 spiro atoms. The average Bonchev–Trinajstić information content (AvgIpc) is 2.42. The lowest BCUT2D eigenvalue weighted by Crippen LogP contribution is -2.05. The molecule has 0 aliphatic heterocycles. The summed E-state index contributed by atoms with van der Waals surface area (Å²) in [6.45, 7) is 3.96. The maximum Gasteiger partial charge on any atom is 0.136 e. The van der Waals surface area contributed by atoms with Gasteiger partial charge in [-0.05, 0) is 25.5 Å². The third-order valence-corrected chi connectivity index (χ3v) is 2.12. The fourth-order valence-corrected chi connectivity index (χ4v) is 1.41. The molecule has 2 aromatic rings. The molecular formula is C10H13N3. The van der Waals surface area contributed by atoms with Crippen LogP contribution in [0, 0.1) is 6.92 Å². The zero-order chi connectivity index (χ0) is 9.42. The van der Waals surface area contributed by atoms with Gasteiger partial charge < -0.3 is 10.1 Å². The number of fused-ring (bicyclic) bond motifs is 1. The van der Waals surface area contributed by atoms with Gasteiger partial charge in [-0.1, -0.05) is 6.07 Å². The number of aryl methyl sites for hydroxylation is 1. The summed E-state index contributed by atoms with van der Waals surface area (Å²) in [6.07, 6.45) is 4.03. The van der Waals surface area contributed by atoms with Crippen molar-refractivity contribution in [1.29, 1.82) is 0 Å². The van der Waals surface area contributed by atoms with Crippen molar-refractivity contribution in [2.75, 3.05) is 0 Å². The van der Waals surface area contributed by atoms with Gasteiger partial charge in [-0.25, -0.2) is 4.98 Å². The molecule has 0 fully saturated rings. The maximum absolute atomic E-state index is 5.78. The van der Waals surface area contributed by atoms with E-state index in [0.717, 1.165) is 16.9 Å². The van der Waals surface area contributed by atoms with Crippen molar-refractivity contribution in [3.05, 3.63) is 35.8 Å². The van der Waals surface area contributed by atoms with Crippen LogP contribution < -0.4 is 5.73 Å². The monoisotopic (exact) mass is 175 g/mol. The van der Waals surface area contributed by atoms with Crippen LogP contribution >= 0.6 is 0 Å². The fraction of sp³-hybridized carbons (Fsp3) is 0.300. The second-order valence-corrected chi connectivity index (χ2v) is 3.40. The SMILES string of the molecule is Cc1cn2cc(C(C)N)ccc2n1. The molecule has 68 valence electrons. The average molecular weight is 175 g/mol. The van der Waals surface area contributed by atoms with Crippen LogP contribution in [0.5, 0.6) is 0 Å². The molecule has 0 amide bonds. The third kappa shape index (κ3) is 1.42. The van der Waals surface area contributed by atoms with Crippen molar-refractivity contribution in [3.8, 4) is 0 Å². The van der Waals surface area contributed by atoms with Crippen LogP contribution in [-0.2, 0) is 0 Å². The highest BCUT2D eigenvalue weighted by Gasteiger charge is 2.01. The molecule has 0 saturated heterocycles. The molecule has 0 aliphatic rings. The van der Waals surface area contributed by atoms with Crippen molar-refractivity contribution in [3.63, 3.8) is 0 Å². The summed E-state index contributed by atoms with van der Waals surface area (Å²) < 4.78 is 2.01. The van der Waals surface area contributed by atoms with Crippen LogP contribution in [0.4, 0.5) is 0 Å². The lowest BCUT2D eigenvalue weighted by atomic mass is 10.2. The van der Waals surface area contributed by atoms with Crippen molar-refractivity contribution < 1.29 is 0 Å². The summed E-state index contributed by atoms with van der Waals surface area (Å²) in [5.74, 6) is 0. The summed E-state index contributed by atoms with van der Waals surface area (Å²) in [4.78, 5) is 4.34. The molecule has 0 saturated carbocycles. The van der Waals surface area contributed by atoms with Gasteiger partial charge in [0.15, 0.2) is 0 Å². The molecule has 2 N–H and O–H groups in total. The molecule has 0 aromatic carbocycles. The molecule has 2 aromatic heterocycles. The van der Waals surface area contributed by atoms with E-state index in [9.17, 15) is 0 Å². The molecule has 2 heterocycles. The summed E-state index contributed by atoms with van der Waals surface area (Å²) in [5.41, 5.74) is 8.91. The minimum absolute atomic E-state index is 0.0760. The molecule has 3 nitrogen and oxygen atoms in total. The molecule has 0 aliphatic carbocycles. The van der Waals surface area contributed by atoms with Crippen LogP contribution in [-0.4, -0.2) is 9.38 Å². The van der Waals surface area contributed by atoms with E-state index in [1.807, 2.05) is 42.8 Å². The number of nitrogens with two attached hydrogens (primary N) is 1.